The van der Waals surface area contributed by atoms with Crippen molar-refractivity contribution in [2.24, 2.45) is 0 Å². The molecule has 0 saturated carbocycles. The molecule has 2 aromatic heterocycles. The molecule has 5 heterocycles. The second-order valence-corrected chi connectivity index (χ2v) is 15.4. The van der Waals surface area contributed by atoms with Crippen molar-refractivity contribution in [1.82, 2.24) is 35.1 Å². The van der Waals surface area contributed by atoms with Crippen molar-refractivity contribution < 1.29 is 28.0 Å². The highest BCUT2D eigenvalue weighted by Gasteiger charge is 2.29. The molecule has 2 saturated heterocycles. The SMILES string of the molecule is CN(C)C(=O)c1cc2c(-c3ccc(C4CCN(c5ccc(NC6CCC(=O)NC6=O)cc5F)CC4)cc3)cc(C3=CCCN(C(=O)CCn4ccnn4)C3)c(F)c2[nH]1. The number of aromatic nitrogens is 4. The Bertz CT molecular complexity index is 2400. The second-order valence-electron chi connectivity index (χ2n) is 15.4. The fourth-order valence-corrected chi connectivity index (χ4v) is 8.24. The number of fused-ring (bicyclic) bond motifs is 1. The number of aromatic amines is 1. The average Bonchev–Trinajstić information content (AvgIpc) is 3.93. The number of anilines is 2. The number of hydrogen-bond acceptors (Lipinski definition) is 8. The number of imide groups is 1. The summed E-state index contributed by atoms with van der Waals surface area (Å²) in [6, 6.07) is 16.1. The first-order chi connectivity index (χ1) is 28.0. The number of hydrogen-bond donors (Lipinski definition) is 3. The average molecular weight is 790 g/mol. The van der Waals surface area contributed by atoms with E-state index in [1.807, 2.05) is 29.2 Å². The van der Waals surface area contributed by atoms with E-state index < -0.39 is 17.8 Å². The maximum Gasteiger partial charge on any atom is 0.269 e. The van der Waals surface area contributed by atoms with Gasteiger partial charge in [-0.05, 0) is 84.2 Å². The molecule has 5 aromatic rings. The van der Waals surface area contributed by atoms with Crippen LogP contribution in [0.3, 0.4) is 0 Å². The van der Waals surface area contributed by atoms with Crippen LogP contribution in [0, 0.1) is 11.6 Å². The van der Waals surface area contributed by atoms with Crippen molar-refractivity contribution in [3.63, 3.8) is 0 Å². The van der Waals surface area contributed by atoms with Gasteiger partial charge in [-0.1, -0.05) is 35.6 Å². The summed E-state index contributed by atoms with van der Waals surface area (Å²) in [4.78, 5) is 58.2. The normalized spacial score (nSPS) is 17.7. The number of nitrogens with one attached hydrogen (secondary N) is 3. The molecule has 0 aliphatic carbocycles. The van der Waals surface area contributed by atoms with Crippen LogP contribution in [0.15, 0.2) is 73.1 Å². The highest BCUT2D eigenvalue weighted by atomic mass is 19.1. The molecule has 3 aliphatic rings. The lowest BCUT2D eigenvalue weighted by Crippen LogP contribution is -2.47. The van der Waals surface area contributed by atoms with E-state index in [1.165, 1.54) is 11.0 Å². The lowest BCUT2D eigenvalue weighted by Gasteiger charge is -2.34. The molecule has 3 aromatic carbocycles. The van der Waals surface area contributed by atoms with Crippen LogP contribution < -0.4 is 15.5 Å². The predicted molar refractivity (Wildman–Crippen MR) is 216 cm³/mol. The Hall–Kier alpha value is -6.38. The molecular formula is C43H45F2N9O4. The number of carbonyl (C=O) groups is 4. The van der Waals surface area contributed by atoms with Gasteiger partial charge in [-0.2, -0.15) is 0 Å². The molecule has 0 spiro atoms. The minimum absolute atomic E-state index is 0.0506. The molecule has 3 N–H and O–H groups in total. The minimum Gasteiger partial charge on any atom is -0.374 e. The van der Waals surface area contributed by atoms with Crippen LogP contribution in [0.4, 0.5) is 20.2 Å². The van der Waals surface area contributed by atoms with E-state index in [0.717, 1.165) is 29.5 Å². The van der Waals surface area contributed by atoms with Crippen LogP contribution in [0.2, 0.25) is 0 Å². The zero-order chi connectivity index (χ0) is 40.5. The van der Waals surface area contributed by atoms with Gasteiger partial charge in [0.1, 0.15) is 17.6 Å². The number of piperidine rings is 2. The summed E-state index contributed by atoms with van der Waals surface area (Å²) in [5, 5.41) is 13.7. The van der Waals surface area contributed by atoms with Crippen LogP contribution in [0.25, 0.3) is 27.6 Å². The van der Waals surface area contributed by atoms with Crippen LogP contribution in [-0.4, -0.2) is 99.7 Å². The third kappa shape index (κ3) is 7.93. The van der Waals surface area contributed by atoms with E-state index >= 15 is 8.78 Å². The lowest BCUT2D eigenvalue weighted by atomic mass is 9.87. The third-order valence-corrected chi connectivity index (χ3v) is 11.4. The van der Waals surface area contributed by atoms with Crippen LogP contribution >= 0.6 is 0 Å². The van der Waals surface area contributed by atoms with Gasteiger partial charge in [0.05, 0.1) is 23.9 Å². The van der Waals surface area contributed by atoms with Gasteiger partial charge in [0.15, 0.2) is 5.82 Å². The number of aryl methyl sites for hydroxylation is 1. The Morgan fingerprint density at radius 3 is 2.47 bits per heavy atom. The topological polar surface area (TPSA) is 149 Å². The van der Waals surface area contributed by atoms with Crippen LogP contribution in [-0.2, 0) is 20.9 Å². The molecule has 15 heteroatoms. The fourth-order valence-electron chi connectivity index (χ4n) is 8.24. The molecular weight excluding hydrogens is 745 g/mol. The van der Waals surface area contributed by atoms with Crippen molar-refractivity contribution in [3.05, 3.63) is 102 Å². The Morgan fingerprint density at radius 1 is 0.966 bits per heavy atom. The highest BCUT2D eigenvalue weighted by molar-refractivity contribution is 6.05. The number of rotatable bonds is 10. The number of nitrogens with zero attached hydrogens (tertiary/aromatic N) is 6. The molecule has 300 valence electrons. The van der Waals surface area contributed by atoms with Gasteiger partial charge in [-0.3, -0.25) is 29.2 Å². The van der Waals surface area contributed by atoms with Gasteiger partial charge in [0.2, 0.25) is 17.7 Å². The summed E-state index contributed by atoms with van der Waals surface area (Å²) >= 11 is 0. The van der Waals surface area contributed by atoms with E-state index in [-0.39, 0.29) is 60.1 Å². The van der Waals surface area contributed by atoms with Crippen LogP contribution in [0.5, 0.6) is 0 Å². The van der Waals surface area contributed by atoms with Gasteiger partial charge in [-0.25, -0.2) is 8.78 Å². The van der Waals surface area contributed by atoms with Crippen molar-refractivity contribution >= 4 is 51.5 Å². The van der Waals surface area contributed by atoms with Gasteiger partial charge in [0.25, 0.3) is 5.91 Å². The van der Waals surface area contributed by atoms with Crippen molar-refractivity contribution in [2.75, 3.05) is 50.5 Å². The molecule has 1 unspecified atom stereocenters. The summed E-state index contributed by atoms with van der Waals surface area (Å²) in [7, 11) is 3.30. The zero-order valence-electron chi connectivity index (χ0n) is 32.4. The summed E-state index contributed by atoms with van der Waals surface area (Å²) in [6.07, 6.45) is 8.31. The van der Waals surface area contributed by atoms with Crippen molar-refractivity contribution in [1.29, 1.82) is 0 Å². The molecule has 0 bridgehead atoms. The quantitative estimate of drug-likeness (QED) is 0.153. The van der Waals surface area contributed by atoms with Crippen LogP contribution in [0.1, 0.15) is 66.1 Å². The Morgan fingerprint density at radius 2 is 1.76 bits per heavy atom. The summed E-state index contributed by atoms with van der Waals surface area (Å²) in [5.74, 6) is -1.63. The maximum atomic E-state index is 16.5. The molecule has 4 amide bonds. The number of amides is 4. The maximum absolute atomic E-state index is 16.5. The Kier molecular flexibility index (Phi) is 10.8. The Labute approximate surface area is 334 Å². The Balaban J connectivity index is 0.989. The lowest BCUT2D eigenvalue weighted by molar-refractivity contribution is -0.134. The summed E-state index contributed by atoms with van der Waals surface area (Å²) < 4.78 is 33.5. The van der Waals surface area contributed by atoms with E-state index in [1.54, 1.807) is 54.3 Å². The first kappa shape index (κ1) is 38.5. The smallest absolute Gasteiger partial charge is 0.269 e. The number of halogens is 2. The molecule has 13 nitrogen and oxygen atoms in total. The van der Waals surface area contributed by atoms with Gasteiger partial charge in [0, 0.05) is 75.9 Å². The zero-order valence-corrected chi connectivity index (χ0v) is 32.4. The second kappa shape index (κ2) is 16.2. The molecule has 1 atom stereocenters. The summed E-state index contributed by atoms with van der Waals surface area (Å²) in [5.41, 5.74) is 5.37. The monoisotopic (exact) mass is 789 g/mol. The standard InChI is InChI=1S/C43H45F2N9O4/c1-51(2)43(58)36-24-33-31(23-32(40(45)41(33)48-36)29-4-3-17-53(25-29)39(56)15-20-54-21-16-46-50-54)28-7-5-26(6-8-28)27-13-18-52(19-14-27)37-11-9-30(22-34(37)44)47-35-10-12-38(55)49-42(35)57/h4-9,11,16,21-24,27,35,47-48H,3,10,12-15,17-20,25H2,1-2H3,(H,49,55,57). The van der Waals surface area contributed by atoms with E-state index in [9.17, 15) is 19.2 Å². The number of carbonyl (C=O) groups excluding carboxylic acids is 4. The molecule has 8 rings (SSSR count). The van der Waals surface area contributed by atoms with Crippen molar-refractivity contribution in [2.45, 2.75) is 57.0 Å². The first-order valence-corrected chi connectivity index (χ1v) is 19.7. The molecule has 58 heavy (non-hydrogen) atoms. The van der Waals surface area contributed by atoms with Gasteiger partial charge < -0.3 is 25.0 Å². The van der Waals surface area contributed by atoms with E-state index in [0.29, 0.717) is 66.9 Å². The van der Waals surface area contributed by atoms with Gasteiger partial charge in [-0.15, -0.1) is 5.10 Å². The minimum atomic E-state index is -0.589. The fraction of sp³-hybridized carbons (Fsp3) is 0.349. The largest absolute Gasteiger partial charge is 0.374 e. The molecule has 0 radical (unpaired) electrons. The number of benzene rings is 3. The summed E-state index contributed by atoms with van der Waals surface area (Å²) in [6.45, 7) is 2.51. The van der Waals surface area contributed by atoms with Gasteiger partial charge >= 0.3 is 0 Å². The van der Waals surface area contributed by atoms with E-state index in [4.69, 9.17) is 0 Å². The first-order valence-electron chi connectivity index (χ1n) is 19.7. The van der Waals surface area contributed by atoms with Crippen molar-refractivity contribution in [3.8, 4) is 11.1 Å². The third-order valence-electron chi connectivity index (χ3n) is 11.4. The molecule has 2 fully saturated rings. The van der Waals surface area contributed by atoms with E-state index in [2.05, 4.69) is 38.1 Å². The number of H-pyrrole nitrogens is 1. The molecule has 3 aliphatic heterocycles. The predicted octanol–water partition coefficient (Wildman–Crippen LogP) is 5.71. The highest BCUT2D eigenvalue weighted by Crippen LogP contribution is 2.39.